The van der Waals surface area contributed by atoms with Crippen LogP contribution in [-0.4, -0.2) is 31.1 Å². The topological polar surface area (TPSA) is 83.8 Å². The Bertz CT molecular complexity index is 759. The number of aromatic nitrogens is 4. The summed E-state index contributed by atoms with van der Waals surface area (Å²) in [4.78, 5) is 11.2. The van der Waals surface area contributed by atoms with E-state index in [1.165, 1.54) is 6.20 Å². The van der Waals surface area contributed by atoms with Crippen molar-refractivity contribution in [3.05, 3.63) is 48.2 Å². The average molecular weight is 268 g/mol. The van der Waals surface area contributed by atoms with Gasteiger partial charge in [-0.3, -0.25) is 9.78 Å². The molecule has 0 aliphatic rings. The van der Waals surface area contributed by atoms with Crippen LogP contribution in [0.15, 0.2) is 42.6 Å². The van der Waals surface area contributed by atoms with Gasteiger partial charge in [0.05, 0.1) is 23.3 Å². The molecular formula is C14H12N4O2. The maximum atomic E-state index is 11.2. The Balaban J connectivity index is 2.10. The summed E-state index contributed by atoms with van der Waals surface area (Å²) in [6.45, 7) is 0. The number of hydrogen-bond donors (Lipinski definition) is 2. The fraction of sp³-hybridized carbons (Fsp3) is 0.0714. The van der Waals surface area contributed by atoms with Gasteiger partial charge in [0.2, 0.25) is 0 Å². The first-order valence-corrected chi connectivity index (χ1v) is 6.03. The standard InChI is InChI=1S/C14H12N4O2/c1-18-12(13-10(14(19)20)8-15-16-13)7-11(17-18)9-5-3-2-4-6-9/h2-8H,1H3,(H,15,16)(H,19,20). The second-order valence-electron chi connectivity index (χ2n) is 4.37. The molecule has 0 fully saturated rings. The van der Waals surface area contributed by atoms with Crippen LogP contribution in [-0.2, 0) is 7.05 Å². The van der Waals surface area contributed by atoms with Gasteiger partial charge in [-0.25, -0.2) is 4.79 Å². The highest BCUT2D eigenvalue weighted by molar-refractivity contribution is 5.94. The Labute approximate surface area is 114 Å². The minimum atomic E-state index is -1.02. The van der Waals surface area contributed by atoms with E-state index in [1.54, 1.807) is 11.7 Å². The van der Waals surface area contributed by atoms with E-state index in [4.69, 9.17) is 5.11 Å². The molecule has 2 aromatic heterocycles. The zero-order valence-electron chi connectivity index (χ0n) is 10.7. The molecule has 3 rings (SSSR count). The van der Waals surface area contributed by atoms with Crippen molar-refractivity contribution in [2.45, 2.75) is 0 Å². The minimum absolute atomic E-state index is 0.132. The average Bonchev–Trinajstić information content (AvgIpc) is 3.05. The van der Waals surface area contributed by atoms with Crippen LogP contribution in [0.1, 0.15) is 10.4 Å². The second-order valence-corrected chi connectivity index (χ2v) is 4.37. The summed E-state index contributed by atoms with van der Waals surface area (Å²) < 4.78 is 1.64. The number of aromatic amines is 1. The van der Waals surface area contributed by atoms with Gasteiger partial charge < -0.3 is 5.11 Å². The summed E-state index contributed by atoms with van der Waals surface area (Å²) in [5, 5.41) is 20.1. The van der Waals surface area contributed by atoms with E-state index in [0.717, 1.165) is 11.3 Å². The molecule has 2 heterocycles. The van der Waals surface area contributed by atoms with Crippen LogP contribution < -0.4 is 0 Å². The number of aromatic carboxylic acids is 1. The fourth-order valence-electron chi connectivity index (χ4n) is 2.09. The number of H-pyrrole nitrogens is 1. The monoisotopic (exact) mass is 268 g/mol. The van der Waals surface area contributed by atoms with Crippen molar-refractivity contribution < 1.29 is 9.90 Å². The largest absolute Gasteiger partial charge is 0.478 e. The molecule has 0 atom stereocenters. The highest BCUT2D eigenvalue weighted by atomic mass is 16.4. The zero-order chi connectivity index (χ0) is 14.1. The lowest BCUT2D eigenvalue weighted by Gasteiger charge is -1.99. The Kier molecular flexibility index (Phi) is 2.83. The molecule has 0 amide bonds. The van der Waals surface area contributed by atoms with Gasteiger partial charge in [-0.15, -0.1) is 0 Å². The maximum absolute atomic E-state index is 11.2. The Morgan fingerprint density at radius 1 is 1.30 bits per heavy atom. The molecule has 1 aromatic carbocycles. The number of carbonyl (C=O) groups is 1. The first-order chi connectivity index (χ1) is 9.66. The van der Waals surface area contributed by atoms with Crippen LogP contribution in [0.25, 0.3) is 22.6 Å². The Morgan fingerprint density at radius 2 is 2.05 bits per heavy atom. The summed E-state index contributed by atoms with van der Waals surface area (Å²) in [7, 11) is 1.77. The van der Waals surface area contributed by atoms with Gasteiger partial charge in [-0.1, -0.05) is 30.3 Å². The van der Waals surface area contributed by atoms with E-state index in [0.29, 0.717) is 11.4 Å². The van der Waals surface area contributed by atoms with Crippen molar-refractivity contribution in [2.75, 3.05) is 0 Å². The fourth-order valence-corrected chi connectivity index (χ4v) is 2.09. The summed E-state index contributed by atoms with van der Waals surface area (Å²) in [6.07, 6.45) is 1.30. The number of carboxylic acids is 1. The van der Waals surface area contributed by atoms with Crippen molar-refractivity contribution in [1.82, 2.24) is 20.0 Å². The summed E-state index contributed by atoms with van der Waals surface area (Å²) in [5.74, 6) is -1.02. The number of benzene rings is 1. The van der Waals surface area contributed by atoms with Gasteiger partial charge in [0.25, 0.3) is 0 Å². The lowest BCUT2D eigenvalue weighted by atomic mass is 10.1. The van der Waals surface area contributed by atoms with Crippen LogP contribution in [0.2, 0.25) is 0 Å². The second kappa shape index (κ2) is 4.65. The molecule has 0 aliphatic heterocycles. The van der Waals surface area contributed by atoms with Crippen molar-refractivity contribution in [3.8, 4) is 22.6 Å². The zero-order valence-corrected chi connectivity index (χ0v) is 10.7. The molecule has 3 aromatic rings. The van der Waals surface area contributed by atoms with Crippen LogP contribution >= 0.6 is 0 Å². The molecule has 20 heavy (non-hydrogen) atoms. The SMILES string of the molecule is Cn1nc(-c2ccccc2)cc1-c1[nH]ncc1C(=O)O. The van der Waals surface area contributed by atoms with Gasteiger partial charge >= 0.3 is 5.97 Å². The predicted octanol–water partition coefficient (Wildman–Crippen LogP) is 2.18. The lowest BCUT2D eigenvalue weighted by molar-refractivity contribution is 0.0698. The van der Waals surface area contributed by atoms with Crippen molar-refractivity contribution >= 4 is 5.97 Å². The molecule has 6 nitrogen and oxygen atoms in total. The number of nitrogens with one attached hydrogen (secondary N) is 1. The quantitative estimate of drug-likeness (QED) is 0.762. The van der Waals surface area contributed by atoms with Crippen molar-refractivity contribution in [1.29, 1.82) is 0 Å². The molecule has 0 spiro atoms. The van der Waals surface area contributed by atoms with Crippen molar-refractivity contribution in [2.24, 2.45) is 7.05 Å². The van der Waals surface area contributed by atoms with E-state index >= 15 is 0 Å². The molecule has 6 heteroatoms. The third-order valence-corrected chi connectivity index (χ3v) is 3.08. The van der Waals surface area contributed by atoms with Gasteiger partial charge in [-0.05, 0) is 6.07 Å². The molecule has 0 unspecified atom stereocenters. The lowest BCUT2D eigenvalue weighted by Crippen LogP contribution is -2.00. The van der Waals surface area contributed by atoms with Crippen LogP contribution in [0.3, 0.4) is 0 Å². The van der Waals surface area contributed by atoms with E-state index < -0.39 is 5.97 Å². The van der Waals surface area contributed by atoms with Gasteiger partial charge in [-0.2, -0.15) is 10.2 Å². The molecule has 0 saturated carbocycles. The number of hydrogen-bond acceptors (Lipinski definition) is 3. The number of carboxylic acid groups (broad SMARTS) is 1. The first kappa shape index (κ1) is 12.2. The number of rotatable bonds is 3. The van der Waals surface area contributed by atoms with E-state index in [1.807, 2.05) is 36.4 Å². The normalized spacial score (nSPS) is 10.7. The minimum Gasteiger partial charge on any atom is -0.478 e. The molecular weight excluding hydrogens is 256 g/mol. The third-order valence-electron chi connectivity index (χ3n) is 3.08. The number of nitrogens with zero attached hydrogens (tertiary/aromatic N) is 3. The smallest absolute Gasteiger partial charge is 0.339 e. The molecule has 0 saturated heterocycles. The predicted molar refractivity (Wildman–Crippen MR) is 73.2 cm³/mol. The summed E-state index contributed by atoms with van der Waals surface area (Å²) >= 11 is 0. The first-order valence-electron chi connectivity index (χ1n) is 6.03. The third kappa shape index (κ3) is 1.97. The highest BCUT2D eigenvalue weighted by Crippen LogP contribution is 2.26. The number of aryl methyl sites for hydroxylation is 1. The van der Waals surface area contributed by atoms with Gasteiger partial charge in [0.15, 0.2) is 0 Å². The Hall–Kier alpha value is -2.89. The highest BCUT2D eigenvalue weighted by Gasteiger charge is 2.18. The van der Waals surface area contributed by atoms with Gasteiger partial charge in [0, 0.05) is 12.6 Å². The maximum Gasteiger partial charge on any atom is 0.339 e. The molecule has 0 bridgehead atoms. The van der Waals surface area contributed by atoms with Crippen LogP contribution in [0.5, 0.6) is 0 Å². The van der Waals surface area contributed by atoms with E-state index in [2.05, 4.69) is 15.3 Å². The molecule has 0 radical (unpaired) electrons. The van der Waals surface area contributed by atoms with E-state index in [9.17, 15) is 4.79 Å². The van der Waals surface area contributed by atoms with Crippen LogP contribution in [0, 0.1) is 0 Å². The van der Waals surface area contributed by atoms with E-state index in [-0.39, 0.29) is 5.56 Å². The molecule has 100 valence electrons. The molecule has 2 N–H and O–H groups in total. The van der Waals surface area contributed by atoms with Crippen molar-refractivity contribution in [3.63, 3.8) is 0 Å². The Morgan fingerprint density at radius 3 is 2.75 bits per heavy atom. The van der Waals surface area contributed by atoms with Gasteiger partial charge in [0.1, 0.15) is 5.56 Å². The van der Waals surface area contributed by atoms with Crippen LogP contribution in [0.4, 0.5) is 0 Å². The summed E-state index contributed by atoms with van der Waals surface area (Å²) in [5.41, 5.74) is 3.03. The molecule has 0 aliphatic carbocycles. The summed E-state index contributed by atoms with van der Waals surface area (Å²) in [6, 6.07) is 11.6.